The van der Waals surface area contributed by atoms with Crippen LogP contribution < -0.4 is 5.32 Å². The number of carbonyl (C=O) groups excluding carboxylic acids is 1. The minimum atomic E-state index is -0.370. The van der Waals surface area contributed by atoms with E-state index in [0.717, 1.165) is 31.4 Å². The Morgan fingerprint density at radius 1 is 1.41 bits per heavy atom. The number of hydrogen-bond donors (Lipinski definition) is 2. The number of nitrogens with zero attached hydrogens (tertiary/aromatic N) is 1. The van der Waals surface area contributed by atoms with Crippen LogP contribution in [-0.4, -0.2) is 41.1 Å². The Kier molecular flexibility index (Phi) is 6.34. The summed E-state index contributed by atoms with van der Waals surface area (Å²) in [7, 11) is 0. The van der Waals surface area contributed by atoms with Gasteiger partial charge in [0, 0.05) is 12.6 Å². The average Bonchev–Trinajstić information content (AvgIpc) is 2.54. The molecule has 1 saturated heterocycles. The average molecular weight is 308 g/mol. The fourth-order valence-electron chi connectivity index (χ4n) is 2.96. The lowest BCUT2D eigenvalue weighted by molar-refractivity contribution is -0.124. The minimum Gasteiger partial charge on any atom is -0.392 e. The van der Waals surface area contributed by atoms with E-state index < -0.39 is 0 Å². The number of nitrogens with one attached hydrogen (secondary N) is 1. The van der Waals surface area contributed by atoms with Crippen LogP contribution in [-0.2, 0) is 11.3 Å². The van der Waals surface area contributed by atoms with Crippen LogP contribution in [0.25, 0.3) is 0 Å². The van der Waals surface area contributed by atoms with Crippen molar-refractivity contribution in [2.24, 2.45) is 0 Å². The van der Waals surface area contributed by atoms with Crippen molar-refractivity contribution in [3.8, 4) is 0 Å². The zero-order valence-corrected chi connectivity index (χ0v) is 13.1. The van der Waals surface area contributed by atoms with Crippen LogP contribution in [0, 0.1) is 5.82 Å². The second kappa shape index (κ2) is 8.25. The summed E-state index contributed by atoms with van der Waals surface area (Å²) in [5.74, 6) is -0.334. The first-order valence-corrected chi connectivity index (χ1v) is 8.03. The van der Waals surface area contributed by atoms with Crippen molar-refractivity contribution >= 4 is 5.91 Å². The van der Waals surface area contributed by atoms with E-state index >= 15 is 0 Å². The molecule has 5 heteroatoms. The largest absolute Gasteiger partial charge is 0.392 e. The number of benzene rings is 1. The Morgan fingerprint density at radius 2 is 2.14 bits per heavy atom. The van der Waals surface area contributed by atoms with Crippen LogP contribution in [0.15, 0.2) is 24.3 Å². The maximum Gasteiger partial charge on any atom is 0.234 e. The number of amides is 1. The van der Waals surface area contributed by atoms with Gasteiger partial charge in [0.1, 0.15) is 5.82 Å². The number of hydrogen-bond acceptors (Lipinski definition) is 3. The van der Waals surface area contributed by atoms with Gasteiger partial charge in [0.2, 0.25) is 5.91 Å². The van der Waals surface area contributed by atoms with Gasteiger partial charge < -0.3 is 10.4 Å². The number of halogens is 1. The highest BCUT2D eigenvalue weighted by molar-refractivity contribution is 5.78. The van der Waals surface area contributed by atoms with Gasteiger partial charge in [-0.05, 0) is 43.5 Å². The van der Waals surface area contributed by atoms with Gasteiger partial charge in [0.05, 0.1) is 12.6 Å². The van der Waals surface area contributed by atoms with E-state index in [0.29, 0.717) is 19.5 Å². The van der Waals surface area contributed by atoms with Gasteiger partial charge in [0.15, 0.2) is 0 Å². The van der Waals surface area contributed by atoms with Crippen molar-refractivity contribution in [3.63, 3.8) is 0 Å². The van der Waals surface area contributed by atoms with Gasteiger partial charge in [-0.2, -0.15) is 0 Å². The fraction of sp³-hybridized carbons (Fsp3) is 0.588. The number of carbonyl (C=O) groups is 1. The molecule has 1 aromatic carbocycles. The summed E-state index contributed by atoms with van der Waals surface area (Å²) >= 11 is 0. The summed E-state index contributed by atoms with van der Waals surface area (Å²) in [6.07, 6.45) is 3.46. The van der Waals surface area contributed by atoms with Gasteiger partial charge in [-0.1, -0.05) is 25.5 Å². The van der Waals surface area contributed by atoms with Gasteiger partial charge >= 0.3 is 0 Å². The summed E-state index contributed by atoms with van der Waals surface area (Å²) in [6.45, 7) is 3.52. The van der Waals surface area contributed by atoms with E-state index in [4.69, 9.17) is 0 Å². The molecule has 1 aliphatic heterocycles. The molecular formula is C17H25FN2O2. The molecule has 22 heavy (non-hydrogen) atoms. The standard InChI is InChI=1S/C17H25FN2O2/c1-2-16(21)15-5-3-4-10-20(15)12-17(22)19-11-13-6-8-14(18)9-7-13/h6-9,15-16,21H,2-5,10-12H2,1H3,(H,19,22). The van der Waals surface area contributed by atoms with E-state index in [1.807, 2.05) is 6.92 Å². The topological polar surface area (TPSA) is 52.6 Å². The van der Waals surface area contributed by atoms with E-state index in [2.05, 4.69) is 10.2 Å². The molecular weight excluding hydrogens is 283 g/mol. The molecule has 0 saturated carbocycles. The molecule has 2 unspecified atom stereocenters. The maximum absolute atomic E-state index is 12.8. The smallest absolute Gasteiger partial charge is 0.234 e. The molecule has 0 spiro atoms. The summed E-state index contributed by atoms with van der Waals surface area (Å²) in [4.78, 5) is 14.2. The summed E-state index contributed by atoms with van der Waals surface area (Å²) in [6, 6.07) is 6.19. The van der Waals surface area contributed by atoms with Crippen molar-refractivity contribution < 1.29 is 14.3 Å². The summed E-state index contributed by atoms with van der Waals surface area (Å²) in [5.41, 5.74) is 0.874. The normalized spacial score (nSPS) is 20.6. The molecule has 1 aliphatic rings. The van der Waals surface area contributed by atoms with E-state index in [1.165, 1.54) is 12.1 Å². The van der Waals surface area contributed by atoms with Gasteiger partial charge in [-0.25, -0.2) is 4.39 Å². The van der Waals surface area contributed by atoms with E-state index in [-0.39, 0.29) is 23.9 Å². The second-order valence-corrected chi connectivity index (χ2v) is 5.91. The Labute approximate surface area is 131 Å². The third kappa shape index (κ3) is 4.78. The van der Waals surface area contributed by atoms with Crippen LogP contribution in [0.2, 0.25) is 0 Å². The molecule has 0 aromatic heterocycles. The predicted octanol–water partition coefficient (Wildman–Crippen LogP) is 2.07. The number of rotatable bonds is 6. The first-order chi connectivity index (χ1) is 10.6. The molecule has 0 bridgehead atoms. The van der Waals surface area contributed by atoms with Gasteiger partial charge in [0.25, 0.3) is 0 Å². The van der Waals surface area contributed by atoms with Crippen molar-refractivity contribution in [1.82, 2.24) is 10.2 Å². The lowest BCUT2D eigenvalue weighted by Crippen LogP contribution is -2.50. The molecule has 4 nitrogen and oxygen atoms in total. The van der Waals surface area contributed by atoms with Crippen molar-refractivity contribution in [2.75, 3.05) is 13.1 Å². The molecule has 0 aliphatic carbocycles. The molecule has 1 fully saturated rings. The highest BCUT2D eigenvalue weighted by Gasteiger charge is 2.28. The third-order valence-electron chi connectivity index (χ3n) is 4.28. The van der Waals surface area contributed by atoms with Gasteiger partial charge in [-0.15, -0.1) is 0 Å². The predicted molar refractivity (Wildman–Crippen MR) is 83.8 cm³/mol. The van der Waals surface area contributed by atoms with Crippen molar-refractivity contribution in [2.45, 2.75) is 51.3 Å². The second-order valence-electron chi connectivity index (χ2n) is 5.91. The SMILES string of the molecule is CCC(O)C1CCCCN1CC(=O)NCc1ccc(F)cc1. The molecule has 2 N–H and O–H groups in total. The zero-order valence-electron chi connectivity index (χ0n) is 13.1. The lowest BCUT2D eigenvalue weighted by Gasteiger charge is -2.37. The zero-order chi connectivity index (χ0) is 15.9. The first-order valence-electron chi connectivity index (χ1n) is 8.03. The highest BCUT2D eigenvalue weighted by Crippen LogP contribution is 2.20. The fourth-order valence-corrected chi connectivity index (χ4v) is 2.96. The number of likely N-dealkylation sites (tertiary alicyclic amines) is 1. The third-order valence-corrected chi connectivity index (χ3v) is 4.28. The minimum absolute atomic E-state index is 0.0560. The Hall–Kier alpha value is -1.46. The Balaban J connectivity index is 1.83. The van der Waals surface area contributed by atoms with E-state index in [1.54, 1.807) is 12.1 Å². The Morgan fingerprint density at radius 3 is 2.82 bits per heavy atom. The first kappa shape index (κ1) is 16.9. The lowest BCUT2D eigenvalue weighted by atomic mass is 9.96. The quantitative estimate of drug-likeness (QED) is 0.846. The monoisotopic (exact) mass is 308 g/mol. The van der Waals surface area contributed by atoms with Gasteiger partial charge in [-0.3, -0.25) is 9.69 Å². The molecule has 2 rings (SSSR count). The molecule has 122 valence electrons. The van der Waals surface area contributed by atoms with Crippen molar-refractivity contribution in [3.05, 3.63) is 35.6 Å². The molecule has 0 radical (unpaired) electrons. The number of aliphatic hydroxyl groups is 1. The van der Waals surface area contributed by atoms with E-state index in [9.17, 15) is 14.3 Å². The molecule has 1 aromatic rings. The molecule has 1 amide bonds. The maximum atomic E-state index is 12.8. The number of piperidine rings is 1. The van der Waals surface area contributed by atoms with Crippen LogP contribution in [0.1, 0.15) is 38.2 Å². The molecule has 2 atom stereocenters. The summed E-state index contributed by atoms with van der Waals surface area (Å²) < 4.78 is 12.8. The van der Waals surface area contributed by atoms with Crippen LogP contribution in [0.4, 0.5) is 4.39 Å². The van der Waals surface area contributed by atoms with Crippen molar-refractivity contribution in [1.29, 1.82) is 0 Å². The molecule has 1 heterocycles. The summed E-state index contributed by atoms with van der Waals surface area (Å²) in [5, 5.41) is 12.9. The number of aliphatic hydroxyl groups excluding tert-OH is 1. The van der Waals surface area contributed by atoms with Crippen LogP contribution >= 0.6 is 0 Å². The highest BCUT2D eigenvalue weighted by atomic mass is 19.1. The Bertz CT molecular complexity index is 478. The van der Waals surface area contributed by atoms with Crippen LogP contribution in [0.5, 0.6) is 0 Å². The van der Waals surface area contributed by atoms with Crippen LogP contribution in [0.3, 0.4) is 0 Å².